The topological polar surface area (TPSA) is 102 Å². The summed E-state index contributed by atoms with van der Waals surface area (Å²) in [6, 6.07) is 4.70. The van der Waals surface area contributed by atoms with Gasteiger partial charge in [0, 0.05) is 5.02 Å². The van der Waals surface area contributed by atoms with Gasteiger partial charge in [-0.25, -0.2) is 0 Å². The Bertz CT molecular complexity index is 788. The van der Waals surface area contributed by atoms with Gasteiger partial charge >= 0.3 is 5.97 Å². The van der Waals surface area contributed by atoms with Crippen LogP contribution in [0.15, 0.2) is 18.2 Å². The van der Waals surface area contributed by atoms with Crippen LogP contribution in [0.2, 0.25) is 5.02 Å². The van der Waals surface area contributed by atoms with Gasteiger partial charge in [0.05, 0.1) is 24.6 Å². The van der Waals surface area contributed by atoms with Crippen molar-refractivity contribution >= 4 is 41.0 Å². The number of hydrogen-bond acceptors (Lipinski definition) is 6. The van der Waals surface area contributed by atoms with Crippen LogP contribution in [0, 0.1) is 11.8 Å². The number of imide groups is 1. The summed E-state index contributed by atoms with van der Waals surface area (Å²) in [5.74, 6) is -2.30. The quantitative estimate of drug-likeness (QED) is 0.570. The van der Waals surface area contributed by atoms with Gasteiger partial charge in [0.25, 0.3) is 5.91 Å². The third kappa shape index (κ3) is 4.27. The summed E-state index contributed by atoms with van der Waals surface area (Å²) in [7, 11) is 1.45. The highest BCUT2D eigenvalue weighted by molar-refractivity contribution is 6.31. The molecule has 8 nitrogen and oxygen atoms in total. The molecule has 0 unspecified atom stereocenters. The van der Waals surface area contributed by atoms with Gasteiger partial charge in [-0.3, -0.25) is 24.1 Å². The molecule has 2 fully saturated rings. The van der Waals surface area contributed by atoms with E-state index >= 15 is 0 Å². The molecule has 1 saturated heterocycles. The lowest BCUT2D eigenvalue weighted by molar-refractivity contribution is -0.154. The lowest BCUT2D eigenvalue weighted by atomic mass is 9.81. The second-order valence-corrected chi connectivity index (χ2v) is 7.25. The fourth-order valence-electron chi connectivity index (χ4n) is 3.67. The number of rotatable bonds is 6. The van der Waals surface area contributed by atoms with E-state index in [0.717, 1.165) is 17.7 Å². The minimum absolute atomic E-state index is 0.320. The fraction of sp³-hybridized carbons (Fsp3) is 0.474. The number of likely N-dealkylation sites (tertiary alicyclic amines) is 1. The predicted molar refractivity (Wildman–Crippen MR) is 99.8 cm³/mol. The van der Waals surface area contributed by atoms with Gasteiger partial charge in [0.1, 0.15) is 12.3 Å². The highest BCUT2D eigenvalue weighted by atomic mass is 35.5. The zero-order chi connectivity index (χ0) is 20.3. The van der Waals surface area contributed by atoms with E-state index < -0.39 is 25.0 Å². The van der Waals surface area contributed by atoms with Crippen LogP contribution in [0.3, 0.4) is 0 Å². The van der Waals surface area contributed by atoms with Gasteiger partial charge in [0.15, 0.2) is 6.61 Å². The first-order valence-corrected chi connectivity index (χ1v) is 9.42. The molecule has 1 aromatic carbocycles. The number of ether oxygens (including phenoxy) is 2. The van der Waals surface area contributed by atoms with Crippen molar-refractivity contribution in [3.63, 3.8) is 0 Å². The zero-order valence-electron chi connectivity index (χ0n) is 15.4. The largest absolute Gasteiger partial charge is 0.495 e. The Morgan fingerprint density at radius 2 is 1.82 bits per heavy atom. The Morgan fingerprint density at radius 3 is 2.43 bits per heavy atom. The first kappa shape index (κ1) is 20.1. The molecule has 1 aliphatic heterocycles. The van der Waals surface area contributed by atoms with Crippen LogP contribution in [-0.2, 0) is 23.9 Å². The van der Waals surface area contributed by atoms with Crippen LogP contribution in [0.25, 0.3) is 0 Å². The van der Waals surface area contributed by atoms with Crippen molar-refractivity contribution in [3.8, 4) is 5.75 Å². The molecule has 0 spiro atoms. The second-order valence-electron chi connectivity index (χ2n) is 6.81. The maximum Gasteiger partial charge on any atom is 0.326 e. The minimum atomic E-state index is -0.812. The third-order valence-electron chi connectivity index (χ3n) is 5.02. The van der Waals surface area contributed by atoms with Crippen LogP contribution in [0.5, 0.6) is 5.75 Å². The summed E-state index contributed by atoms with van der Waals surface area (Å²) >= 11 is 5.90. The van der Waals surface area contributed by atoms with Crippen molar-refractivity contribution in [3.05, 3.63) is 23.2 Å². The van der Waals surface area contributed by atoms with E-state index in [4.69, 9.17) is 21.1 Å². The zero-order valence-corrected chi connectivity index (χ0v) is 16.2. The number of methoxy groups -OCH3 is 1. The number of nitrogens with one attached hydrogen (secondary N) is 1. The second kappa shape index (κ2) is 8.60. The summed E-state index contributed by atoms with van der Waals surface area (Å²) < 4.78 is 10.0. The van der Waals surface area contributed by atoms with E-state index in [0.29, 0.717) is 29.3 Å². The number of hydrogen-bond donors (Lipinski definition) is 1. The molecule has 3 rings (SSSR count). The van der Waals surface area contributed by atoms with Crippen molar-refractivity contribution in [2.24, 2.45) is 11.8 Å². The van der Waals surface area contributed by atoms with Crippen molar-refractivity contribution in [1.29, 1.82) is 0 Å². The van der Waals surface area contributed by atoms with E-state index in [1.165, 1.54) is 13.2 Å². The number of halogens is 1. The molecule has 3 amide bonds. The van der Waals surface area contributed by atoms with E-state index in [9.17, 15) is 19.2 Å². The van der Waals surface area contributed by atoms with E-state index in [1.807, 2.05) is 0 Å². The Labute approximate surface area is 167 Å². The lowest BCUT2D eigenvalue weighted by Gasteiger charge is -2.19. The molecule has 0 bridgehead atoms. The molecule has 150 valence electrons. The highest BCUT2D eigenvalue weighted by Crippen LogP contribution is 2.37. The molecule has 0 radical (unpaired) electrons. The van der Waals surface area contributed by atoms with Gasteiger partial charge in [-0.2, -0.15) is 0 Å². The van der Waals surface area contributed by atoms with Crippen LogP contribution in [0.1, 0.15) is 25.7 Å². The summed E-state index contributed by atoms with van der Waals surface area (Å²) in [4.78, 5) is 49.7. The number of anilines is 1. The monoisotopic (exact) mass is 408 g/mol. The van der Waals surface area contributed by atoms with Gasteiger partial charge in [-0.05, 0) is 31.0 Å². The molecule has 2 aliphatic rings. The molecule has 1 saturated carbocycles. The number of esters is 1. The Hall–Kier alpha value is -2.61. The Kier molecular flexibility index (Phi) is 6.18. The molecule has 1 aliphatic carbocycles. The molecule has 1 N–H and O–H groups in total. The van der Waals surface area contributed by atoms with Crippen molar-refractivity contribution in [2.45, 2.75) is 25.7 Å². The molecule has 28 heavy (non-hydrogen) atoms. The first-order valence-electron chi connectivity index (χ1n) is 9.05. The van der Waals surface area contributed by atoms with Crippen LogP contribution in [0.4, 0.5) is 5.69 Å². The van der Waals surface area contributed by atoms with Gasteiger partial charge in [-0.1, -0.05) is 24.4 Å². The van der Waals surface area contributed by atoms with Gasteiger partial charge < -0.3 is 14.8 Å². The summed E-state index contributed by atoms with van der Waals surface area (Å²) in [6.45, 7) is -1.03. The fourth-order valence-corrected chi connectivity index (χ4v) is 3.84. The van der Waals surface area contributed by atoms with Crippen LogP contribution < -0.4 is 10.1 Å². The van der Waals surface area contributed by atoms with E-state index in [1.54, 1.807) is 12.1 Å². The van der Waals surface area contributed by atoms with Crippen LogP contribution >= 0.6 is 11.6 Å². The van der Waals surface area contributed by atoms with Crippen molar-refractivity contribution in [2.75, 3.05) is 25.6 Å². The molecule has 1 heterocycles. The number of fused-ring (bicyclic) bond motifs is 1. The first-order chi connectivity index (χ1) is 13.4. The van der Waals surface area contributed by atoms with Crippen molar-refractivity contribution in [1.82, 2.24) is 4.90 Å². The van der Waals surface area contributed by atoms with Crippen LogP contribution in [-0.4, -0.2) is 48.9 Å². The minimum Gasteiger partial charge on any atom is -0.495 e. The average Bonchev–Trinajstić information content (AvgIpc) is 2.92. The SMILES string of the molecule is COc1ccc(Cl)cc1NC(=O)COC(=O)CN1C(=O)[C@H]2CCCC[C@H]2C1=O. The Morgan fingerprint density at radius 1 is 1.18 bits per heavy atom. The normalized spacial score (nSPS) is 21.3. The van der Waals surface area contributed by atoms with E-state index in [2.05, 4.69) is 5.32 Å². The van der Waals surface area contributed by atoms with Crippen molar-refractivity contribution < 1.29 is 28.7 Å². The number of amides is 3. The number of nitrogens with zero attached hydrogens (tertiary/aromatic N) is 1. The maximum absolute atomic E-state index is 12.4. The summed E-state index contributed by atoms with van der Waals surface area (Å²) in [5.41, 5.74) is 0.338. The highest BCUT2D eigenvalue weighted by Gasteiger charge is 2.48. The lowest BCUT2D eigenvalue weighted by Crippen LogP contribution is -2.37. The number of benzene rings is 1. The molecule has 0 aromatic heterocycles. The smallest absolute Gasteiger partial charge is 0.326 e. The standard InChI is InChI=1S/C19H21ClN2O6/c1-27-15-7-6-11(20)8-14(15)21-16(23)10-28-17(24)9-22-18(25)12-4-2-3-5-13(12)19(22)26/h6-8,12-13H,2-5,9-10H2,1H3,(H,21,23)/t12-,13+. The van der Waals surface area contributed by atoms with E-state index in [-0.39, 0.29) is 23.7 Å². The van der Waals surface area contributed by atoms with Gasteiger partial charge in [-0.15, -0.1) is 0 Å². The summed E-state index contributed by atoms with van der Waals surface area (Å²) in [6.07, 6.45) is 3.16. The molecule has 1 aromatic rings. The van der Waals surface area contributed by atoms with Gasteiger partial charge in [0.2, 0.25) is 11.8 Å². The third-order valence-corrected chi connectivity index (χ3v) is 5.25. The Balaban J connectivity index is 1.52. The average molecular weight is 409 g/mol. The number of carbonyl (C=O) groups is 4. The molecule has 9 heteroatoms. The summed E-state index contributed by atoms with van der Waals surface area (Å²) in [5, 5.41) is 2.94. The maximum atomic E-state index is 12.4. The number of carbonyl (C=O) groups excluding carboxylic acids is 4. The molecule has 2 atom stereocenters. The molecular formula is C19H21ClN2O6. The predicted octanol–water partition coefficient (Wildman–Crippen LogP) is 2.01. The molecular weight excluding hydrogens is 388 g/mol.